The summed E-state index contributed by atoms with van der Waals surface area (Å²) in [7, 11) is 0. The maximum Gasteiger partial charge on any atom is 0.151 e. The van der Waals surface area contributed by atoms with Crippen molar-refractivity contribution in [3.63, 3.8) is 0 Å². The molecule has 44 heavy (non-hydrogen) atoms. The summed E-state index contributed by atoms with van der Waals surface area (Å²) in [6.07, 6.45) is 7.49. The molecule has 3 N–H and O–H groups in total. The number of nitrogens with zero attached hydrogens (tertiary/aromatic N) is 6. The average Bonchev–Trinajstić information content (AvgIpc) is 3.83. The third kappa shape index (κ3) is 4.38. The number of hydrogen-bond donors (Lipinski definition) is 3. The Bertz CT molecular complexity index is 2170. The van der Waals surface area contributed by atoms with Crippen LogP contribution in [0.15, 0.2) is 85.5 Å². The third-order valence-electron chi connectivity index (χ3n) is 8.83. The van der Waals surface area contributed by atoms with Gasteiger partial charge in [-0.05, 0) is 95.7 Å². The van der Waals surface area contributed by atoms with Gasteiger partial charge in [0.25, 0.3) is 0 Å². The van der Waals surface area contributed by atoms with Crippen LogP contribution in [0.25, 0.3) is 44.1 Å². The van der Waals surface area contributed by atoms with Crippen molar-refractivity contribution < 1.29 is 4.74 Å². The summed E-state index contributed by atoms with van der Waals surface area (Å²) in [6, 6.07) is 23.6. The Labute approximate surface area is 252 Å². The number of rotatable bonds is 6. The lowest BCUT2D eigenvalue weighted by atomic mass is 9.96. The van der Waals surface area contributed by atoms with Crippen LogP contribution in [-0.4, -0.2) is 53.1 Å². The molecule has 2 aliphatic rings. The molecule has 0 saturated carbocycles. The summed E-state index contributed by atoms with van der Waals surface area (Å²) in [5.74, 6) is 2.69. The van der Waals surface area contributed by atoms with Crippen LogP contribution < -0.4 is 10.1 Å². The number of ether oxygens (including phenoxy) is 1. The first-order chi connectivity index (χ1) is 21.7. The monoisotopic (exact) mass is 579 g/mol. The molecule has 0 radical (unpaired) electrons. The van der Waals surface area contributed by atoms with Crippen LogP contribution in [0.4, 0.5) is 11.4 Å². The third-order valence-corrected chi connectivity index (χ3v) is 8.83. The molecular formula is C34H29N9O. The molecule has 0 saturated heterocycles. The zero-order valence-corrected chi connectivity index (χ0v) is 23.9. The number of H-pyrrole nitrogens is 2. The molecule has 10 heteroatoms. The highest BCUT2D eigenvalue weighted by molar-refractivity contribution is 5.89. The van der Waals surface area contributed by atoms with E-state index in [1.54, 1.807) is 0 Å². The molecule has 5 heterocycles. The van der Waals surface area contributed by atoms with Crippen molar-refractivity contribution in [1.29, 1.82) is 0 Å². The summed E-state index contributed by atoms with van der Waals surface area (Å²) >= 11 is 0. The molecular weight excluding hydrogens is 550 g/mol. The lowest BCUT2D eigenvalue weighted by Crippen LogP contribution is -2.34. The fourth-order valence-corrected chi connectivity index (χ4v) is 6.45. The predicted octanol–water partition coefficient (Wildman–Crippen LogP) is 6.66. The van der Waals surface area contributed by atoms with Gasteiger partial charge in [0.2, 0.25) is 0 Å². The van der Waals surface area contributed by atoms with E-state index in [1.165, 1.54) is 5.56 Å². The normalized spacial score (nSPS) is 14.2. The van der Waals surface area contributed by atoms with Gasteiger partial charge in [-0.3, -0.25) is 15.1 Å². The maximum absolute atomic E-state index is 6.69. The second kappa shape index (κ2) is 10.1. The molecule has 0 amide bonds. The summed E-state index contributed by atoms with van der Waals surface area (Å²) < 4.78 is 8.83. The summed E-state index contributed by atoms with van der Waals surface area (Å²) in [4.78, 5) is 2.47. The highest BCUT2D eigenvalue weighted by atomic mass is 16.5. The van der Waals surface area contributed by atoms with E-state index in [9.17, 15) is 0 Å². The molecule has 7 aromatic rings. The van der Waals surface area contributed by atoms with Crippen LogP contribution in [-0.2, 0) is 19.5 Å². The minimum Gasteiger partial charge on any atom is -0.453 e. The smallest absolute Gasteiger partial charge is 0.151 e. The van der Waals surface area contributed by atoms with Crippen LogP contribution in [0.2, 0.25) is 0 Å². The van der Waals surface area contributed by atoms with Crippen LogP contribution in [0.1, 0.15) is 17.8 Å². The molecule has 0 bridgehead atoms. The second-order valence-electron chi connectivity index (χ2n) is 11.6. The minimum atomic E-state index is 0.813. The minimum absolute atomic E-state index is 0.813. The Kier molecular flexibility index (Phi) is 5.73. The average molecular weight is 580 g/mol. The van der Waals surface area contributed by atoms with Gasteiger partial charge in [-0.1, -0.05) is 18.2 Å². The first kappa shape index (κ1) is 25.1. The molecule has 9 rings (SSSR count). The number of anilines is 2. The molecule has 0 spiro atoms. The molecule has 4 aromatic carbocycles. The zero-order valence-electron chi connectivity index (χ0n) is 23.9. The van der Waals surface area contributed by atoms with Gasteiger partial charge < -0.3 is 14.6 Å². The Morgan fingerprint density at radius 3 is 2.30 bits per heavy atom. The summed E-state index contributed by atoms with van der Waals surface area (Å²) in [5.41, 5.74) is 9.77. The van der Waals surface area contributed by atoms with Gasteiger partial charge >= 0.3 is 0 Å². The maximum atomic E-state index is 6.69. The van der Waals surface area contributed by atoms with Crippen molar-refractivity contribution in [2.45, 2.75) is 25.9 Å². The van der Waals surface area contributed by atoms with E-state index in [-0.39, 0.29) is 0 Å². The van der Waals surface area contributed by atoms with Crippen LogP contribution >= 0.6 is 0 Å². The van der Waals surface area contributed by atoms with E-state index in [2.05, 4.69) is 112 Å². The number of benzene rings is 4. The van der Waals surface area contributed by atoms with E-state index in [0.29, 0.717) is 0 Å². The van der Waals surface area contributed by atoms with Gasteiger partial charge in [0, 0.05) is 23.9 Å². The Hall–Kier alpha value is -5.48. The number of fused-ring (bicyclic) bond motifs is 5. The van der Waals surface area contributed by atoms with E-state index in [4.69, 9.17) is 4.74 Å². The van der Waals surface area contributed by atoms with E-state index < -0.39 is 0 Å². The number of nitrogens with one attached hydrogen (secondary N) is 3. The van der Waals surface area contributed by atoms with Gasteiger partial charge in [0.05, 0.1) is 41.3 Å². The van der Waals surface area contributed by atoms with Crippen molar-refractivity contribution in [2.24, 2.45) is 0 Å². The fourth-order valence-electron chi connectivity index (χ4n) is 6.45. The van der Waals surface area contributed by atoms with Crippen LogP contribution in [0, 0.1) is 0 Å². The zero-order chi connectivity index (χ0) is 29.0. The Morgan fingerprint density at radius 1 is 0.750 bits per heavy atom. The highest BCUT2D eigenvalue weighted by Crippen LogP contribution is 2.47. The fraction of sp³-hybridized carbons (Fsp3) is 0.176. The first-order valence-electron chi connectivity index (χ1n) is 15.0. The van der Waals surface area contributed by atoms with Gasteiger partial charge in [-0.15, -0.1) is 10.2 Å². The highest BCUT2D eigenvalue weighted by Gasteiger charge is 2.23. The van der Waals surface area contributed by atoms with Crippen molar-refractivity contribution >= 4 is 33.2 Å². The SMILES string of the molecule is c1cc2c(cc1-c1ccc3[nH]ncc3c1)Oc1cc(-c3ccc4[nH]ncc4c3)cc(CCCN3CCn4cnnc4C3)c1N2. The van der Waals surface area contributed by atoms with Gasteiger partial charge in [-0.25, -0.2) is 0 Å². The molecule has 0 aliphatic carbocycles. The molecule has 0 unspecified atom stereocenters. The lowest BCUT2D eigenvalue weighted by molar-refractivity contribution is 0.215. The predicted molar refractivity (Wildman–Crippen MR) is 170 cm³/mol. The Balaban J connectivity index is 1.04. The number of aromatic nitrogens is 7. The summed E-state index contributed by atoms with van der Waals surface area (Å²) in [5, 5.41) is 28.7. The lowest BCUT2D eigenvalue weighted by Gasteiger charge is -2.28. The second-order valence-corrected chi connectivity index (χ2v) is 11.6. The van der Waals surface area contributed by atoms with Crippen molar-refractivity contribution in [3.8, 4) is 33.8 Å². The van der Waals surface area contributed by atoms with Crippen molar-refractivity contribution in [2.75, 3.05) is 18.4 Å². The number of aryl methyl sites for hydroxylation is 1. The summed E-state index contributed by atoms with van der Waals surface area (Å²) in [6.45, 7) is 3.79. The van der Waals surface area contributed by atoms with Crippen LogP contribution in [0.3, 0.4) is 0 Å². The molecule has 216 valence electrons. The van der Waals surface area contributed by atoms with Gasteiger partial charge in [0.1, 0.15) is 12.2 Å². The molecule has 2 aliphatic heterocycles. The molecule has 0 fully saturated rings. The molecule has 3 aromatic heterocycles. The molecule has 10 nitrogen and oxygen atoms in total. The molecule has 0 atom stereocenters. The van der Waals surface area contributed by atoms with Gasteiger partial charge in [0.15, 0.2) is 11.5 Å². The van der Waals surface area contributed by atoms with E-state index in [0.717, 1.165) is 112 Å². The van der Waals surface area contributed by atoms with E-state index >= 15 is 0 Å². The van der Waals surface area contributed by atoms with Crippen LogP contribution in [0.5, 0.6) is 11.5 Å². The number of aromatic amines is 2. The van der Waals surface area contributed by atoms with E-state index in [1.807, 2.05) is 18.7 Å². The topological polar surface area (TPSA) is 113 Å². The standard InChI is InChI=1S/C34H29N9O/c1(9-42-10-11-43-20-37-41-33(43)19-42)2-24-14-25(22-4-7-29-27(13-22)18-36-40-29)16-32-34(24)38-30-8-5-23(15-31(30)44-32)21-3-6-28-26(12-21)17-35-39-28/h3-8,12-18,20,38H,1-2,9-11,19H2,(H,35,39)(H,36,40). The number of hydrogen-bond acceptors (Lipinski definition) is 7. The quantitative estimate of drug-likeness (QED) is 0.202. The van der Waals surface area contributed by atoms with Gasteiger partial charge in [-0.2, -0.15) is 10.2 Å². The van der Waals surface area contributed by atoms with Crippen molar-refractivity contribution in [3.05, 3.63) is 96.8 Å². The van der Waals surface area contributed by atoms with Crippen molar-refractivity contribution in [1.82, 2.24) is 40.1 Å². The Morgan fingerprint density at radius 2 is 1.48 bits per heavy atom. The first-order valence-corrected chi connectivity index (χ1v) is 15.0. The largest absolute Gasteiger partial charge is 0.453 e.